The maximum atomic E-state index is 14.0. The average Bonchev–Trinajstić information content (AvgIpc) is 3.25. The van der Waals surface area contributed by atoms with Gasteiger partial charge < -0.3 is 20.3 Å². The molecule has 0 unspecified atom stereocenters. The zero-order valence-corrected chi connectivity index (χ0v) is 20.9. The van der Waals surface area contributed by atoms with Crippen LogP contribution in [0.2, 0.25) is 0 Å². The number of aromatic amines is 1. The number of rotatable bonds is 8. The molecule has 4 rings (SSSR count). The lowest BCUT2D eigenvalue weighted by atomic mass is 9.86. The highest BCUT2D eigenvalue weighted by molar-refractivity contribution is 6.11. The van der Waals surface area contributed by atoms with Crippen LogP contribution in [0.25, 0.3) is 10.9 Å². The van der Waals surface area contributed by atoms with E-state index in [2.05, 4.69) is 10.3 Å². The van der Waals surface area contributed by atoms with Gasteiger partial charge in [0.2, 0.25) is 5.91 Å². The van der Waals surface area contributed by atoms with Crippen LogP contribution in [0.5, 0.6) is 0 Å². The largest absolute Gasteiger partial charge is 0.480 e. The first-order chi connectivity index (χ1) is 16.5. The van der Waals surface area contributed by atoms with E-state index in [1.807, 2.05) is 52.0 Å². The van der Waals surface area contributed by atoms with Gasteiger partial charge in [-0.25, -0.2) is 14.5 Å². The molecule has 0 bridgehead atoms. The van der Waals surface area contributed by atoms with Gasteiger partial charge in [-0.3, -0.25) is 9.59 Å². The second kappa shape index (κ2) is 9.02. The molecule has 188 valence electrons. The molecule has 2 aliphatic rings. The van der Waals surface area contributed by atoms with Crippen LogP contribution in [0.1, 0.15) is 58.7 Å². The standard InChI is InChI=1S/C26H34N4O5/c1-14(2)12-19(23(32)33)28-22(31)20(13-15(3)4)30-24(34)26(5)21-17(10-11-29(26)25(30)35)16-8-6-7-9-18(16)27-21/h6-9,14-15,19-20,27H,10-13H2,1-5H3,(H,28,31)(H,32,33)/t19-,20+,26+/m1/s1. The van der Waals surface area contributed by atoms with Crippen molar-refractivity contribution in [2.45, 2.75) is 71.5 Å². The number of carboxylic acids is 1. The number of aromatic nitrogens is 1. The van der Waals surface area contributed by atoms with E-state index in [9.17, 15) is 24.3 Å². The lowest BCUT2D eigenvalue weighted by Crippen LogP contribution is -2.54. The Bertz CT molecular complexity index is 1190. The minimum Gasteiger partial charge on any atom is -0.480 e. The average molecular weight is 483 g/mol. The van der Waals surface area contributed by atoms with Crippen molar-refractivity contribution >= 4 is 34.7 Å². The number of aliphatic carboxylic acids is 1. The number of carbonyl (C=O) groups excluding carboxylic acids is 3. The number of benzene rings is 1. The van der Waals surface area contributed by atoms with E-state index < -0.39 is 41.4 Å². The lowest BCUT2D eigenvalue weighted by molar-refractivity contribution is -0.144. The quantitative estimate of drug-likeness (QED) is 0.499. The number of H-pyrrole nitrogens is 1. The smallest absolute Gasteiger partial charge is 0.328 e. The molecule has 1 aromatic heterocycles. The number of nitrogens with zero attached hydrogens (tertiary/aromatic N) is 2. The summed E-state index contributed by atoms with van der Waals surface area (Å²) in [6.07, 6.45) is 1.08. The maximum Gasteiger partial charge on any atom is 0.328 e. The minimum atomic E-state index is -1.26. The van der Waals surface area contributed by atoms with Gasteiger partial charge in [-0.05, 0) is 49.7 Å². The molecular weight excluding hydrogens is 448 g/mol. The zero-order valence-electron chi connectivity index (χ0n) is 20.9. The van der Waals surface area contributed by atoms with Crippen LogP contribution >= 0.6 is 0 Å². The molecule has 0 radical (unpaired) electrons. The van der Waals surface area contributed by atoms with Crippen LogP contribution in [0.15, 0.2) is 24.3 Å². The first kappa shape index (κ1) is 24.8. The monoisotopic (exact) mass is 482 g/mol. The fraction of sp³-hybridized carbons (Fsp3) is 0.538. The van der Waals surface area contributed by atoms with E-state index in [0.29, 0.717) is 18.7 Å². The molecular formula is C26H34N4O5. The van der Waals surface area contributed by atoms with Crippen molar-refractivity contribution in [3.63, 3.8) is 0 Å². The van der Waals surface area contributed by atoms with Gasteiger partial charge in [0.15, 0.2) is 5.54 Å². The summed E-state index contributed by atoms with van der Waals surface area (Å²) in [6, 6.07) is 5.09. The van der Waals surface area contributed by atoms with Crippen molar-refractivity contribution < 1.29 is 24.3 Å². The van der Waals surface area contributed by atoms with Crippen molar-refractivity contribution in [1.29, 1.82) is 0 Å². The van der Waals surface area contributed by atoms with E-state index in [0.717, 1.165) is 21.4 Å². The molecule has 9 nitrogen and oxygen atoms in total. The van der Waals surface area contributed by atoms with Gasteiger partial charge in [0.25, 0.3) is 5.91 Å². The van der Waals surface area contributed by atoms with Gasteiger partial charge in [0, 0.05) is 17.4 Å². The van der Waals surface area contributed by atoms with Crippen LogP contribution in [0.4, 0.5) is 4.79 Å². The van der Waals surface area contributed by atoms with Crippen LogP contribution in [0, 0.1) is 11.8 Å². The maximum absolute atomic E-state index is 14.0. The molecule has 0 spiro atoms. The van der Waals surface area contributed by atoms with Gasteiger partial charge in [-0.15, -0.1) is 0 Å². The Hall–Kier alpha value is -3.36. The van der Waals surface area contributed by atoms with Crippen LogP contribution in [-0.2, 0) is 26.3 Å². The molecule has 2 aromatic rings. The first-order valence-corrected chi connectivity index (χ1v) is 12.2. The molecule has 9 heteroatoms. The first-order valence-electron chi connectivity index (χ1n) is 12.2. The van der Waals surface area contributed by atoms with Gasteiger partial charge in [-0.1, -0.05) is 45.9 Å². The number of carboxylic acid groups (broad SMARTS) is 1. The fourth-order valence-electron chi connectivity index (χ4n) is 5.43. The minimum absolute atomic E-state index is 0.00574. The molecule has 0 saturated carbocycles. The van der Waals surface area contributed by atoms with E-state index in [1.54, 1.807) is 6.92 Å². The van der Waals surface area contributed by atoms with Gasteiger partial charge >= 0.3 is 12.0 Å². The number of fused-ring (bicyclic) bond motifs is 5. The number of hydrogen-bond donors (Lipinski definition) is 3. The summed E-state index contributed by atoms with van der Waals surface area (Å²) in [5.41, 5.74) is 1.32. The molecule has 4 amide bonds. The normalized spacial score (nSPS) is 21.5. The number of para-hydroxylation sites is 1. The summed E-state index contributed by atoms with van der Waals surface area (Å²) in [5, 5.41) is 13.2. The molecule has 3 atom stereocenters. The molecule has 3 N–H and O–H groups in total. The Labute approximate surface area is 204 Å². The van der Waals surface area contributed by atoms with Crippen LogP contribution in [-0.4, -0.2) is 62.3 Å². The highest BCUT2D eigenvalue weighted by Crippen LogP contribution is 2.45. The number of nitrogens with one attached hydrogen (secondary N) is 2. The number of urea groups is 1. The molecule has 0 aliphatic carbocycles. The molecule has 3 heterocycles. The number of imide groups is 1. The number of carbonyl (C=O) groups is 4. The van der Waals surface area contributed by atoms with E-state index >= 15 is 0 Å². The van der Waals surface area contributed by atoms with E-state index in [4.69, 9.17) is 0 Å². The lowest BCUT2D eigenvalue weighted by Gasteiger charge is -2.36. The molecule has 1 fully saturated rings. The summed E-state index contributed by atoms with van der Waals surface area (Å²) < 4.78 is 0. The third-order valence-electron chi connectivity index (χ3n) is 7.13. The highest BCUT2D eigenvalue weighted by Gasteiger charge is 2.60. The Morgan fingerprint density at radius 1 is 1.11 bits per heavy atom. The Morgan fingerprint density at radius 2 is 1.77 bits per heavy atom. The number of amides is 4. The third kappa shape index (κ3) is 4.06. The topological polar surface area (TPSA) is 123 Å². The van der Waals surface area contributed by atoms with E-state index in [-0.39, 0.29) is 24.7 Å². The predicted octanol–water partition coefficient (Wildman–Crippen LogP) is 3.23. The molecule has 35 heavy (non-hydrogen) atoms. The molecule has 1 aromatic carbocycles. The number of hydrogen-bond acceptors (Lipinski definition) is 4. The summed E-state index contributed by atoms with van der Waals surface area (Å²) in [7, 11) is 0. The Kier molecular flexibility index (Phi) is 6.38. The molecule has 2 aliphatic heterocycles. The summed E-state index contributed by atoms with van der Waals surface area (Å²) in [6.45, 7) is 9.63. The van der Waals surface area contributed by atoms with Gasteiger partial charge in [-0.2, -0.15) is 0 Å². The summed E-state index contributed by atoms with van der Waals surface area (Å²) in [5.74, 6) is -2.18. The van der Waals surface area contributed by atoms with Crippen molar-refractivity contribution in [2.75, 3.05) is 6.54 Å². The third-order valence-corrected chi connectivity index (χ3v) is 7.13. The molecule has 1 saturated heterocycles. The predicted molar refractivity (Wildman–Crippen MR) is 131 cm³/mol. The Morgan fingerprint density at radius 3 is 2.40 bits per heavy atom. The highest BCUT2D eigenvalue weighted by atomic mass is 16.4. The van der Waals surface area contributed by atoms with Gasteiger partial charge in [0.05, 0.1) is 5.69 Å². The van der Waals surface area contributed by atoms with Crippen molar-refractivity contribution in [2.24, 2.45) is 11.8 Å². The van der Waals surface area contributed by atoms with E-state index in [1.165, 1.54) is 4.90 Å². The second-order valence-electron chi connectivity index (χ2n) is 10.6. The summed E-state index contributed by atoms with van der Waals surface area (Å²) in [4.78, 5) is 58.7. The zero-order chi connectivity index (χ0) is 25.7. The second-order valence-corrected chi connectivity index (χ2v) is 10.6. The van der Waals surface area contributed by atoms with Crippen molar-refractivity contribution in [1.82, 2.24) is 20.1 Å². The Balaban J connectivity index is 1.72. The van der Waals surface area contributed by atoms with Gasteiger partial charge in [0.1, 0.15) is 12.1 Å². The summed E-state index contributed by atoms with van der Waals surface area (Å²) >= 11 is 0. The van der Waals surface area contributed by atoms with Crippen molar-refractivity contribution in [3.05, 3.63) is 35.5 Å². The SMILES string of the molecule is CC(C)C[C@@H](NC(=O)[C@H](CC(C)C)N1C(=O)N2CCc3c([nH]c4ccccc34)[C@@]2(C)C1=O)C(=O)O. The van der Waals surface area contributed by atoms with Crippen LogP contribution in [0.3, 0.4) is 0 Å². The van der Waals surface area contributed by atoms with Crippen molar-refractivity contribution in [3.8, 4) is 0 Å². The van der Waals surface area contributed by atoms with Crippen LogP contribution < -0.4 is 5.32 Å². The fourth-order valence-corrected chi connectivity index (χ4v) is 5.43.